The summed E-state index contributed by atoms with van der Waals surface area (Å²) < 4.78 is 39.8. The molecule has 0 bridgehead atoms. The molecule has 108 valence electrons. The molecule has 0 aliphatic carbocycles. The van der Waals surface area contributed by atoms with E-state index in [2.05, 4.69) is 4.98 Å². The van der Waals surface area contributed by atoms with E-state index in [-0.39, 0.29) is 12.0 Å². The molecule has 1 aromatic heterocycles. The first-order valence-corrected chi connectivity index (χ1v) is 6.20. The summed E-state index contributed by atoms with van der Waals surface area (Å²) in [5, 5.41) is 10.7. The Morgan fingerprint density at radius 1 is 1.30 bits per heavy atom. The van der Waals surface area contributed by atoms with E-state index in [1.54, 1.807) is 24.3 Å². The van der Waals surface area contributed by atoms with Gasteiger partial charge in [0.1, 0.15) is 0 Å². The van der Waals surface area contributed by atoms with Crippen LogP contribution in [-0.4, -0.2) is 22.3 Å². The molecular formula is C14H15F3N2O. The van der Waals surface area contributed by atoms with Crippen molar-refractivity contribution < 1.29 is 18.3 Å². The zero-order valence-electron chi connectivity index (χ0n) is 10.9. The van der Waals surface area contributed by atoms with Crippen LogP contribution in [0.25, 0.3) is 10.9 Å². The van der Waals surface area contributed by atoms with E-state index >= 15 is 0 Å². The molecule has 2 atom stereocenters. The normalized spacial score (nSPS) is 16.9. The second-order valence-corrected chi connectivity index (χ2v) is 4.70. The molecule has 0 aliphatic rings. The first-order chi connectivity index (χ1) is 9.30. The molecule has 6 heteroatoms. The van der Waals surface area contributed by atoms with Crippen molar-refractivity contribution in [1.82, 2.24) is 4.98 Å². The topological polar surface area (TPSA) is 59.1 Å². The highest BCUT2D eigenvalue weighted by atomic mass is 19.4. The van der Waals surface area contributed by atoms with Gasteiger partial charge in [0.2, 0.25) is 5.60 Å². The molecule has 0 spiro atoms. The molecule has 0 aliphatic heterocycles. The van der Waals surface area contributed by atoms with Crippen LogP contribution in [0.4, 0.5) is 13.2 Å². The number of fused-ring (bicyclic) bond motifs is 1. The van der Waals surface area contributed by atoms with E-state index < -0.39 is 17.8 Å². The number of hydrogen-bond donors (Lipinski definition) is 2. The van der Waals surface area contributed by atoms with Gasteiger partial charge in [-0.15, -0.1) is 0 Å². The van der Waals surface area contributed by atoms with Gasteiger partial charge >= 0.3 is 6.18 Å². The largest absolute Gasteiger partial charge is 0.423 e. The average molecular weight is 284 g/mol. The van der Waals surface area contributed by atoms with Crippen molar-refractivity contribution in [3.8, 4) is 0 Å². The van der Waals surface area contributed by atoms with Gasteiger partial charge in [0.15, 0.2) is 0 Å². The molecule has 20 heavy (non-hydrogen) atoms. The third-order valence-electron chi connectivity index (χ3n) is 3.44. The predicted octanol–water partition coefficient (Wildman–Crippen LogP) is 2.72. The number of rotatable bonds is 3. The Morgan fingerprint density at radius 3 is 2.55 bits per heavy atom. The third-order valence-corrected chi connectivity index (χ3v) is 3.44. The lowest BCUT2D eigenvalue weighted by atomic mass is 9.85. The average Bonchev–Trinajstić information content (AvgIpc) is 2.43. The van der Waals surface area contributed by atoms with Crippen molar-refractivity contribution in [1.29, 1.82) is 0 Å². The van der Waals surface area contributed by atoms with Crippen LogP contribution >= 0.6 is 0 Å². The fourth-order valence-corrected chi connectivity index (χ4v) is 2.16. The van der Waals surface area contributed by atoms with Crippen LogP contribution in [0.5, 0.6) is 0 Å². The Hall–Kier alpha value is -1.66. The maximum atomic E-state index is 13.3. The summed E-state index contributed by atoms with van der Waals surface area (Å²) in [7, 11) is 0. The number of nitrogens with two attached hydrogens (primary N) is 1. The first-order valence-electron chi connectivity index (χ1n) is 6.20. The Kier molecular flexibility index (Phi) is 3.71. The van der Waals surface area contributed by atoms with E-state index in [4.69, 9.17) is 5.73 Å². The summed E-state index contributed by atoms with van der Waals surface area (Å²) in [6, 6.07) is 6.59. The number of alkyl halides is 3. The number of nitrogens with zero attached hydrogens (tertiary/aromatic N) is 1. The van der Waals surface area contributed by atoms with Crippen LogP contribution in [0.15, 0.2) is 36.5 Å². The minimum atomic E-state index is -4.87. The molecule has 3 nitrogen and oxygen atoms in total. The SMILES string of the molecule is CCC(N)C(O)(c1cnc2ccccc2c1)C(F)(F)F. The maximum Gasteiger partial charge on any atom is 0.423 e. The Morgan fingerprint density at radius 2 is 1.95 bits per heavy atom. The number of aliphatic hydroxyl groups is 1. The molecule has 0 fully saturated rings. The molecule has 1 aromatic carbocycles. The molecule has 2 aromatic rings. The van der Waals surface area contributed by atoms with E-state index in [1.165, 1.54) is 13.0 Å². The van der Waals surface area contributed by atoms with Gasteiger partial charge < -0.3 is 10.8 Å². The molecule has 0 amide bonds. The second kappa shape index (κ2) is 5.03. The minimum Gasteiger partial charge on any atom is -0.375 e. The molecular weight excluding hydrogens is 269 g/mol. The van der Waals surface area contributed by atoms with Crippen LogP contribution in [0.2, 0.25) is 0 Å². The summed E-state index contributed by atoms with van der Waals surface area (Å²) in [6.07, 6.45) is -3.85. The van der Waals surface area contributed by atoms with E-state index in [0.29, 0.717) is 10.9 Å². The standard InChI is InChI=1S/C14H15F3N2O/c1-2-12(18)13(20,14(15,16)17)10-7-9-5-3-4-6-11(9)19-8-10/h3-8,12,20H,2,18H2,1H3. The molecule has 2 rings (SSSR count). The van der Waals surface area contributed by atoms with Gasteiger partial charge in [-0.2, -0.15) is 13.2 Å². The van der Waals surface area contributed by atoms with Gasteiger partial charge in [0.05, 0.1) is 5.52 Å². The summed E-state index contributed by atoms with van der Waals surface area (Å²) >= 11 is 0. The number of hydrogen-bond acceptors (Lipinski definition) is 3. The number of para-hydroxylation sites is 1. The lowest BCUT2D eigenvalue weighted by Gasteiger charge is -2.35. The molecule has 3 N–H and O–H groups in total. The van der Waals surface area contributed by atoms with E-state index in [1.807, 2.05) is 0 Å². The van der Waals surface area contributed by atoms with E-state index in [0.717, 1.165) is 6.20 Å². The highest BCUT2D eigenvalue weighted by Gasteiger charge is 2.58. The van der Waals surface area contributed by atoms with Crippen LogP contribution in [-0.2, 0) is 5.60 Å². The third kappa shape index (κ3) is 2.25. The van der Waals surface area contributed by atoms with Gasteiger partial charge in [-0.05, 0) is 18.6 Å². The highest BCUT2D eigenvalue weighted by Crippen LogP contribution is 2.42. The Labute approximate surface area is 114 Å². The van der Waals surface area contributed by atoms with Crippen molar-refractivity contribution in [3.05, 3.63) is 42.1 Å². The summed E-state index contributed by atoms with van der Waals surface area (Å²) in [5.74, 6) is 0. The van der Waals surface area contributed by atoms with Gasteiger partial charge in [-0.3, -0.25) is 4.98 Å². The molecule has 0 saturated carbocycles. The van der Waals surface area contributed by atoms with Crippen LogP contribution < -0.4 is 5.73 Å². The number of aromatic nitrogens is 1. The van der Waals surface area contributed by atoms with Gasteiger partial charge in [-0.25, -0.2) is 0 Å². The Bertz CT molecular complexity index is 615. The number of pyridine rings is 1. The monoisotopic (exact) mass is 284 g/mol. The lowest BCUT2D eigenvalue weighted by Crippen LogP contribution is -2.55. The summed E-state index contributed by atoms with van der Waals surface area (Å²) in [6.45, 7) is 1.50. The van der Waals surface area contributed by atoms with E-state index in [9.17, 15) is 18.3 Å². The zero-order chi connectivity index (χ0) is 15.0. The molecule has 1 heterocycles. The number of benzene rings is 1. The van der Waals surface area contributed by atoms with Crippen LogP contribution in [0, 0.1) is 0 Å². The molecule has 0 radical (unpaired) electrons. The molecule has 0 saturated heterocycles. The zero-order valence-corrected chi connectivity index (χ0v) is 10.9. The minimum absolute atomic E-state index is 0.0111. The Balaban J connectivity index is 2.63. The second-order valence-electron chi connectivity index (χ2n) is 4.70. The predicted molar refractivity (Wildman–Crippen MR) is 70.0 cm³/mol. The van der Waals surface area contributed by atoms with Crippen molar-refractivity contribution in [2.45, 2.75) is 31.2 Å². The van der Waals surface area contributed by atoms with Crippen LogP contribution in [0.3, 0.4) is 0 Å². The van der Waals surface area contributed by atoms with Gasteiger partial charge in [0.25, 0.3) is 0 Å². The van der Waals surface area contributed by atoms with Gasteiger partial charge in [0, 0.05) is 23.2 Å². The fraction of sp³-hybridized carbons (Fsp3) is 0.357. The van der Waals surface area contributed by atoms with Crippen molar-refractivity contribution in [2.75, 3.05) is 0 Å². The maximum absolute atomic E-state index is 13.3. The fourth-order valence-electron chi connectivity index (χ4n) is 2.16. The molecule has 2 unspecified atom stereocenters. The van der Waals surface area contributed by atoms with Crippen molar-refractivity contribution >= 4 is 10.9 Å². The summed E-state index contributed by atoms with van der Waals surface area (Å²) in [5.41, 5.74) is 2.64. The van der Waals surface area contributed by atoms with Crippen molar-refractivity contribution in [3.63, 3.8) is 0 Å². The first kappa shape index (κ1) is 14.7. The quantitative estimate of drug-likeness (QED) is 0.911. The van der Waals surface area contributed by atoms with Gasteiger partial charge in [-0.1, -0.05) is 25.1 Å². The smallest absolute Gasteiger partial charge is 0.375 e. The van der Waals surface area contributed by atoms with Crippen molar-refractivity contribution in [2.24, 2.45) is 5.73 Å². The highest BCUT2D eigenvalue weighted by molar-refractivity contribution is 5.79. The summed E-state index contributed by atoms with van der Waals surface area (Å²) in [4.78, 5) is 3.96. The lowest BCUT2D eigenvalue weighted by molar-refractivity contribution is -0.274. The number of halogens is 3. The van der Waals surface area contributed by atoms with Crippen LogP contribution in [0.1, 0.15) is 18.9 Å².